The normalized spacial score (nSPS) is 15.7. The number of amides is 2. The maximum absolute atomic E-state index is 12.2. The molecule has 1 aliphatic heterocycles. The van der Waals surface area contributed by atoms with E-state index in [9.17, 15) is 9.59 Å². The molecule has 0 atom stereocenters. The molecule has 108 valence electrons. The van der Waals surface area contributed by atoms with Gasteiger partial charge in [-0.25, -0.2) is 0 Å². The van der Waals surface area contributed by atoms with E-state index in [1.807, 2.05) is 25.1 Å². The first-order chi connectivity index (χ1) is 9.58. The van der Waals surface area contributed by atoms with Gasteiger partial charge >= 0.3 is 0 Å². The molecule has 0 bridgehead atoms. The zero-order valence-corrected chi connectivity index (χ0v) is 12.0. The Morgan fingerprint density at radius 1 is 1.15 bits per heavy atom. The Bertz CT molecular complexity index is 508. The third-order valence-electron chi connectivity index (χ3n) is 3.61. The molecular formula is C15H21N3O2. The van der Waals surface area contributed by atoms with Crippen LogP contribution in [-0.2, 0) is 9.59 Å². The van der Waals surface area contributed by atoms with Crippen molar-refractivity contribution < 1.29 is 9.59 Å². The molecule has 0 radical (unpaired) electrons. The largest absolute Gasteiger partial charge is 0.326 e. The van der Waals surface area contributed by atoms with Crippen LogP contribution in [0.5, 0.6) is 0 Å². The Balaban J connectivity index is 2.08. The first kappa shape index (κ1) is 14.5. The highest BCUT2D eigenvalue weighted by molar-refractivity contribution is 5.96. The van der Waals surface area contributed by atoms with Crippen molar-refractivity contribution >= 4 is 23.2 Å². The van der Waals surface area contributed by atoms with E-state index in [4.69, 9.17) is 0 Å². The lowest BCUT2D eigenvalue weighted by molar-refractivity contribution is -0.120. The number of benzene rings is 1. The van der Waals surface area contributed by atoms with Crippen molar-refractivity contribution in [3.63, 3.8) is 0 Å². The molecule has 0 spiro atoms. The predicted molar refractivity (Wildman–Crippen MR) is 79.7 cm³/mol. The molecule has 0 aliphatic carbocycles. The fourth-order valence-electron chi connectivity index (χ4n) is 2.42. The molecule has 1 heterocycles. The molecule has 1 aromatic rings. The summed E-state index contributed by atoms with van der Waals surface area (Å²) in [7, 11) is 0. The number of carbonyl (C=O) groups is 2. The minimum atomic E-state index is -0.116. The average Bonchev–Trinajstić information content (AvgIpc) is 2.43. The van der Waals surface area contributed by atoms with Crippen LogP contribution < -0.4 is 16.0 Å². The molecule has 0 saturated carbocycles. The highest BCUT2D eigenvalue weighted by atomic mass is 16.2. The topological polar surface area (TPSA) is 70.2 Å². The van der Waals surface area contributed by atoms with E-state index in [-0.39, 0.29) is 17.7 Å². The molecule has 2 amide bonds. The molecular weight excluding hydrogens is 254 g/mol. The van der Waals surface area contributed by atoms with Crippen molar-refractivity contribution in [2.24, 2.45) is 5.92 Å². The highest BCUT2D eigenvalue weighted by Gasteiger charge is 2.21. The first-order valence-corrected chi connectivity index (χ1v) is 6.96. The molecule has 1 saturated heterocycles. The molecule has 1 fully saturated rings. The second kappa shape index (κ2) is 6.52. The zero-order chi connectivity index (χ0) is 14.5. The van der Waals surface area contributed by atoms with E-state index in [0.717, 1.165) is 42.9 Å². The van der Waals surface area contributed by atoms with E-state index in [1.54, 1.807) is 0 Å². The van der Waals surface area contributed by atoms with E-state index in [1.165, 1.54) is 6.92 Å². The maximum atomic E-state index is 12.2. The average molecular weight is 275 g/mol. The van der Waals surface area contributed by atoms with Crippen LogP contribution in [0.25, 0.3) is 0 Å². The van der Waals surface area contributed by atoms with Crippen LogP contribution in [-0.4, -0.2) is 24.9 Å². The number of carbonyl (C=O) groups excluding carboxylic acids is 2. The highest BCUT2D eigenvalue weighted by Crippen LogP contribution is 2.24. The lowest BCUT2D eigenvalue weighted by atomic mass is 9.97. The summed E-state index contributed by atoms with van der Waals surface area (Å²) in [5.74, 6) is 0.0181. The third kappa shape index (κ3) is 3.57. The standard InChI is InChI=1S/C15H21N3O2/c1-10-13(17-11(2)19)4-3-5-14(10)18-15(20)12-6-8-16-9-7-12/h3-5,12,16H,6-9H2,1-2H3,(H,17,19)(H,18,20). The van der Waals surface area contributed by atoms with Crippen LogP contribution in [0.15, 0.2) is 18.2 Å². The summed E-state index contributed by atoms with van der Waals surface area (Å²) in [6, 6.07) is 5.52. The Labute approximate surface area is 119 Å². The van der Waals surface area contributed by atoms with Gasteiger partial charge in [0.1, 0.15) is 0 Å². The Kier molecular flexibility index (Phi) is 4.74. The molecule has 1 aliphatic rings. The van der Waals surface area contributed by atoms with Gasteiger partial charge in [0, 0.05) is 24.2 Å². The third-order valence-corrected chi connectivity index (χ3v) is 3.61. The number of nitrogens with one attached hydrogen (secondary N) is 3. The molecule has 3 N–H and O–H groups in total. The maximum Gasteiger partial charge on any atom is 0.227 e. The molecule has 0 aromatic heterocycles. The van der Waals surface area contributed by atoms with Crippen molar-refractivity contribution in [3.05, 3.63) is 23.8 Å². The fourth-order valence-corrected chi connectivity index (χ4v) is 2.42. The van der Waals surface area contributed by atoms with E-state index in [0.29, 0.717) is 0 Å². The summed E-state index contributed by atoms with van der Waals surface area (Å²) in [4.78, 5) is 23.4. The summed E-state index contributed by atoms with van der Waals surface area (Å²) < 4.78 is 0. The number of hydrogen-bond acceptors (Lipinski definition) is 3. The Morgan fingerprint density at radius 3 is 2.35 bits per heavy atom. The van der Waals surface area contributed by atoms with Crippen LogP contribution in [0.2, 0.25) is 0 Å². The number of anilines is 2. The molecule has 2 rings (SSSR count). The SMILES string of the molecule is CC(=O)Nc1cccc(NC(=O)C2CCNCC2)c1C. The van der Waals surface area contributed by atoms with Gasteiger partial charge in [-0.3, -0.25) is 9.59 Å². The van der Waals surface area contributed by atoms with E-state index < -0.39 is 0 Å². The Morgan fingerprint density at radius 2 is 1.75 bits per heavy atom. The minimum absolute atomic E-state index is 0.0644. The van der Waals surface area contributed by atoms with Crippen LogP contribution >= 0.6 is 0 Å². The van der Waals surface area contributed by atoms with Crippen molar-refractivity contribution in [2.75, 3.05) is 23.7 Å². The summed E-state index contributed by atoms with van der Waals surface area (Å²) in [5, 5.41) is 8.99. The lowest BCUT2D eigenvalue weighted by Crippen LogP contribution is -2.34. The van der Waals surface area contributed by atoms with Crippen molar-refractivity contribution in [2.45, 2.75) is 26.7 Å². The lowest BCUT2D eigenvalue weighted by Gasteiger charge is -2.22. The molecule has 20 heavy (non-hydrogen) atoms. The monoisotopic (exact) mass is 275 g/mol. The summed E-state index contributed by atoms with van der Waals surface area (Å²) in [6.07, 6.45) is 1.74. The van der Waals surface area contributed by atoms with Gasteiger partial charge in [0.05, 0.1) is 0 Å². The number of piperidine rings is 1. The molecule has 0 unspecified atom stereocenters. The fraction of sp³-hybridized carbons (Fsp3) is 0.467. The van der Waals surface area contributed by atoms with E-state index in [2.05, 4.69) is 16.0 Å². The van der Waals surface area contributed by atoms with Gasteiger partial charge in [-0.15, -0.1) is 0 Å². The van der Waals surface area contributed by atoms with Gasteiger partial charge in [0.25, 0.3) is 0 Å². The van der Waals surface area contributed by atoms with Crippen LogP contribution in [0.4, 0.5) is 11.4 Å². The number of rotatable bonds is 3. The predicted octanol–water partition coefficient (Wildman–Crippen LogP) is 1.89. The summed E-state index contributed by atoms with van der Waals surface area (Å²) in [6.45, 7) is 5.15. The quantitative estimate of drug-likeness (QED) is 0.789. The number of hydrogen-bond donors (Lipinski definition) is 3. The second-order valence-electron chi connectivity index (χ2n) is 5.17. The zero-order valence-electron chi connectivity index (χ0n) is 12.0. The smallest absolute Gasteiger partial charge is 0.227 e. The van der Waals surface area contributed by atoms with Gasteiger partial charge < -0.3 is 16.0 Å². The summed E-state index contributed by atoms with van der Waals surface area (Å²) in [5.41, 5.74) is 2.38. The van der Waals surface area contributed by atoms with Gasteiger partial charge in [-0.05, 0) is 50.6 Å². The van der Waals surface area contributed by atoms with Gasteiger partial charge in [-0.2, -0.15) is 0 Å². The van der Waals surface area contributed by atoms with Gasteiger partial charge in [-0.1, -0.05) is 6.07 Å². The molecule has 5 nitrogen and oxygen atoms in total. The second-order valence-corrected chi connectivity index (χ2v) is 5.17. The van der Waals surface area contributed by atoms with Gasteiger partial charge in [0.15, 0.2) is 0 Å². The van der Waals surface area contributed by atoms with Crippen LogP contribution in [0.3, 0.4) is 0 Å². The van der Waals surface area contributed by atoms with Gasteiger partial charge in [0.2, 0.25) is 11.8 Å². The van der Waals surface area contributed by atoms with E-state index >= 15 is 0 Å². The summed E-state index contributed by atoms with van der Waals surface area (Å²) >= 11 is 0. The molecule has 5 heteroatoms. The van der Waals surface area contributed by atoms with Crippen LogP contribution in [0.1, 0.15) is 25.3 Å². The Hall–Kier alpha value is -1.88. The van der Waals surface area contributed by atoms with Crippen molar-refractivity contribution in [1.29, 1.82) is 0 Å². The van der Waals surface area contributed by atoms with Crippen molar-refractivity contribution in [1.82, 2.24) is 5.32 Å². The van der Waals surface area contributed by atoms with Crippen LogP contribution in [0, 0.1) is 12.8 Å². The first-order valence-electron chi connectivity index (χ1n) is 6.96. The van der Waals surface area contributed by atoms with Crippen molar-refractivity contribution in [3.8, 4) is 0 Å². The minimum Gasteiger partial charge on any atom is -0.326 e. The molecule has 1 aromatic carbocycles.